The van der Waals surface area contributed by atoms with Gasteiger partial charge in [-0.05, 0) is 26.0 Å². The van der Waals surface area contributed by atoms with Crippen LogP contribution in [0.25, 0.3) is 0 Å². The van der Waals surface area contributed by atoms with Crippen LogP contribution >= 0.6 is 0 Å². The second-order valence-corrected chi connectivity index (χ2v) is 4.63. The number of fused-ring (bicyclic) bond motifs is 1. The fourth-order valence-corrected chi connectivity index (χ4v) is 2.48. The predicted molar refractivity (Wildman–Crippen MR) is 70.3 cm³/mol. The van der Waals surface area contributed by atoms with Gasteiger partial charge in [-0.15, -0.1) is 0 Å². The number of aromatic nitrogens is 2. The average molecular weight is 255 g/mol. The van der Waals surface area contributed by atoms with Crippen LogP contribution in [-0.4, -0.2) is 21.6 Å². The van der Waals surface area contributed by atoms with E-state index >= 15 is 0 Å². The zero-order valence-corrected chi connectivity index (χ0v) is 11.0. The molecular formula is C14H13N3O2. The van der Waals surface area contributed by atoms with E-state index in [4.69, 9.17) is 0 Å². The summed E-state index contributed by atoms with van der Waals surface area (Å²) in [5.74, 6) is -0.556. The van der Waals surface area contributed by atoms with E-state index in [9.17, 15) is 9.59 Å². The molecule has 0 bridgehead atoms. The molecule has 5 heteroatoms. The van der Waals surface area contributed by atoms with Crippen LogP contribution in [0.5, 0.6) is 0 Å². The Kier molecular flexibility index (Phi) is 2.32. The van der Waals surface area contributed by atoms with Crippen molar-refractivity contribution in [2.75, 3.05) is 4.90 Å². The SMILES string of the molecule is Cc1nn(C)c(C)c1N1C(=O)c2ccccc2C1=O. The second-order valence-electron chi connectivity index (χ2n) is 4.63. The Morgan fingerprint density at radius 2 is 1.53 bits per heavy atom. The van der Waals surface area contributed by atoms with E-state index in [2.05, 4.69) is 5.10 Å². The van der Waals surface area contributed by atoms with E-state index in [1.54, 1.807) is 42.9 Å². The monoisotopic (exact) mass is 255 g/mol. The van der Waals surface area contributed by atoms with E-state index in [-0.39, 0.29) is 11.8 Å². The zero-order valence-electron chi connectivity index (χ0n) is 11.0. The molecule has 0 spiro atoms. The van der Waals surface area contributed by atoms with E-state index in [0.29, 0.717) is 22.5 Å². The summed E-state index contributed by atoms with van der Waals surface area (Å²) < 4.78 is 1.67. The van der Waals surface area contributed by atoms with Crippen LogP contribution in [0.3, 0.4) is 0 Å². The molecule has 1 aromatic heterocycles. The molecule has 2 amide bonds. The van der Waals surface area contributed by atoms with Crippen molar-refractivity contribution in [3.05, 3.63) is 46.8 Å². The molecule has 1 aliphatic rings. The highest BCUT2D eigenvalue weighted by Crippen LogP contribution is 2.32. The normalized spacial score (nSPS) is 14.2. The lowest BCUT2D eigenvalue weighted by Gasteiger charge is -2.14. The van der Waals surface area contributed by atoms with Crippen molar-refractivity contribution >= 4 is 17.5 Å². The lowest BCUT2D eigenvalue weighted by atomic mass is 10.1. The highest BCUT2D eigenvalue weighted by Gasteiger charge is 2.38. The van der Waals surface area contributed by atoms with Crippen LogP contribution in [0.4, 0.5) is 5.69 Å². The summed E-state index contributed by atoms with van der Waals surface area (Å²) in [6.45, 7) is 3.64. The molecule has 2 heterocycles. The first-order valence-electron chi connectivity index (χ1n) is 6.00. The smallest absolute Gasteiger partial charge is 0.266 e. The molecule has 1 aromatic carbocycles. The third-order valence-corrected chi connectivity index (χ3v) is 3.49. The summed E-state index contributed by atoms with van der Waals surface area (Å²) in [7, 11) is 1.80. The van der Waals surface area contributed by atoms with Crippen LogP contribution in [0, 0.1) is 13.8 Å². The number of benzene rings is 1. The van der Waals surface area contributed by atoms with Gasteiger partial charge in [0.15, 0.2) is 0 Å². The molecule has 0 saturated heterocycles. The molecule has 0 atom stereocenters. The van der Waals surface area contributed by atoms with Gasteiger partial charge in [-0.25, -0.2) is 4.90 Å². The number of hydrogen-bond acceptors (Lipinski definition) is 3. The van der Waals surface area contributed by atoms with E-state index in [0.717, 1.165) is 5.69 Å². The minimum Gasteiger partial charge on any atom is -0.270 e. The fraction of sp³-hybridized carbons (Fsp3) is 0.214. The number of amides is 2. The first-order chi connectivity index (χ1) is 9.02. The lowest BCUT2D eigenvalue weighted by molar-refractivity contribution is 0.0925. The summed E-state index contributed by atoms with van der Waals surface area (Å²) in [6.07, 6.45) is 0. The Bertz CT molecular complexity index is 680. The molecular weight excluding hydrogens is 242 g/mol. The summed E-state index contributed by atoms with van der Waals surface area (Å²) in [5.41, 5.74) is 2.97. The number of nitrogens with zero attached hydrogens (tertiary/aromatic N) is 3. The minimum absolute atomic E-state index is 0.278. The number of carbonyl (C=O) groups is 2. The number of imide groups is 1. The van der Waals surface area contributed by atoms with Gasteiger partial charge in [-0.1, -0.05) is 12.1 Å². The predicted octanol–water partition coefficient (Wildman–Crippen LogP) is 1.84. The molecule has 0 unspecified atom stereocenters. The molecule has 0 fully saturated rings. The van der Waals surface area contributed by atoms with E-state index < -0.39 is 0 Å². The van der Waals surface area contributed by atoms with Crippen molar-refractivity contribution in [3.8, 4) is 0 Å². The van der Waals surface area contributed by atoms with E-state index in [1.807, 2.05) is 6.92 Å². The average Bonchev–Trinajstić information content (AvgIpc) is 2.78. The van der Waals surface area contributed by atoms with Gasteiger partial charge in [0, 0.05) is 7.05 Å². The number of anilines is 1. The van der Waals surface area contributed by atoms with Crippen molar-refractivity contribution in [2.45, 2.75) is 13.8 Å². The van der Waals surface area contributed by atoms with Gasteiger partial charge in [0.05, 0.1) is 28.2 Å². The second kappa shape index (κ2) is 3.78. The van der Waals surface area contributed by atoms with Gasteiger partial charge >= 0.3 is 0 Å². The lowest BCUT2D eigenvalue weighted by Crippen LogP contribution is -2.30. The maximum atomic E-state index is 12.4. The Hall–Kier alpha value is -2.43. The van der Waals surface area contributed by atoms with Crippen molar-refractivity contribution < 1.29 is 9.59 Å². The molecule has 96 valence electrons. The number of aryl methyl sites for hydroxylation is 2. The van der Waals surface area contributed by atoms with Gasteiger partial charge < -0.3 is 0 Å². The third kappa shape index (κ3) is 1.44. The maximum Gasteiger partial charge on any atom is 0.266 e. The molecule has 3 rings (SSSR count). The molecule has 5 nitrogen and oxygen atoms in total. The van der Waals surface area contributed by atoms with Gasteiger partial charge in [0.2, 0.25) is 0 Å². The zero-order chi connectivity index (χ0) is 13.7. The molecule has 19 heavy (non-hydrogen) atoms. The maximum absolute atomic E-state index is 12.4. The summed E-state index contributed by atoms with van der Waals surface area (Å²) in [4.78, 5) is 26.0. The Morgan fingerprint density at radius 1 is 1.00 bits per heavy atom. The van der Waals surface area contributed by atoms with Gasteiger partial charge in [0.1, 0.15) is 0 Å². The van der Waals surface area contributed by atoms with Crippen molar-refractivity contribution in [1.29, 1.82) is 0 Å². The summed E-state index contributed by atoms with van der Waals surface area (Å²) in [6, 6.07) is 6.88. The van der Waals surface area contributed by atoms with Crippen LogP contribution < -0.4 is 4.90 Å². The largest absolute Gasteiger partial charge is 0.270 e. The van der Waals surface area contributed by atoms with Gasteiger partial charge in [-0.3, -0.25) is 14.3 Å². The van der Waals surface area contributed by atoms with Crippen LogP contribution in [0.2, 0.25) is 0 Å². The summed E-state index contributed by atoms with van der Waals surface area (Å²) in [5, 5.41) is 4.26. The molecule has 0 saturated carbocycles. The molecule has 0 radical (unpaired) electrons. The van der Waals surface area contributed by atoms with Crippen LogP contribution in [-0.2, 0) is 7.05 Å². The topological polar surface area (TPSA) is 55.2 Å². The Balaban J connectivity index is 2.20. The van der Waals surface area contributed by atoms with Crippen molar-refractivity contribution in [2.24, 2.45) is 7.05 Å². The number of carbonyl (C=O) groups excluding carboxylic acids is 2. The molecule has 1 aliphatic heterocycles. The summed E-state index contributed by atoms with van der Waals surface area (Å²) >= 11 is 0. The molecule has 0 aliphatic carbocycles. The van der Waals surface area contributed by atoms with Crippen molar-refractivity contribution in [3.63, 3.8) is 0 Å². The number of hydrogen-bond donors (Lipinski definition) is 0. The van der Waals surface area contributed by atoms with Gasteiger partial charge in [-0.2, -0.15) is 5.10 Å². The quantitative estimate of drug-likeness (QED) is 0.730. The highest BCUT2D eigenvalue weighted by atomic mass is 16.2. The third-order valence-electron chi connectivity index (χ3n) is 3.49. The standard InChI is InChI=1S/C14H13N3O2/c1-8-12(9(2)16(3)15-8)17-13(18)10-6-4-5-7-11(10)14(17)19/h4-7H,1-3H3. The van der Waals surface area contributed by atoms with Gasteiger partial charge in [0.25, 0.3) is 11.8 Å². The molecule has 0 N–H and O–H groups in total. The Labute approximate surface area is 110 Å². The number of rotatable bonds is 1. The Morgan fingerprint density at radius 3 is 1.95 bits per heavy atom. The minimum atomic E-state index is -0.278. The fourth-order valence-electron chi connectivity index (χ4n) is 2.48. The van der Waals surface area contributed by atoms with E-state index in [1.165, 1.54) is 4.90 Å². The van der Waals surface area contributed by atoms with Crippen LogP contribution in [0.1, 0.15) is 32.1 Å². The van der Waals surface area contributed by atoms with Crippen LogP contribution in [0.15, 0.2) is 24.3 Å². The van der Waals surface area contributed by atoms with Crippen molar-refractivity contribution in [1.82, 2.24) is 9.78 Å². The first kappa shape index (κ1) is 11.6. The molecule has 2 aromatic rings. The highest BCUT2D eigenvalue weighted by molar-refractivity contribution is 6.34. The first-order valence-corrected chi connectivity index (χ1v) is 6.00.